The van der Waals surface area contributed by atoms with Crippen LogP contribution < -0.4 is 5.32 Å². The van der Waals surface area contributed by atoms with Gasteiger partial charge in [0, 0.05) is 0 Å². The van der Waals surface area contributed by atoms with Gasteiger partial charge in [0.05, 0.1) is 11.0 Å². The molecule has 0 saturated carbocycles. The maximum Gasteiger partial charge on any atom is 0.239 e. The van der Waals surface area contributed by atoms with Crippen LogP contribution in [-0.2, 0) is 11.2 Å². The van der Waals surface area contributed by atoms with Crippen molar-refractivity contribution in [1.29, 1.82) is 0 Å². The van der Waals surface area contributed by atoms with Gasteiger partial charge in [0.2, 0.25) is 5.91 Å². The average Bonchev–Trinajstić information content (AvgIpc) is 2.95. The van der Waals surface area contributed by atoms with Gasteiger partial charge in [-0.15, -0.1) is 5.10 Å². The first-order valence-corrected chi connectivity index (χ1v) is 8.71. The fourth-order valence-electron chi connectivity index (χ4n) is 2.48. The van der Waals surface area contributed by atoms with Crippen molar-refractivity contribution in [2.45, 2.75) is 25.5 Å². The van der Waals surface area contributed by atoms with Crippen LogP contribution in [0.2, 0.25) is 0 Å². The molecule has 1 heterocycles. The summed E-state index contributed by atoms with van der Waals surface area (Å²) >= 11 is 1.44. The first-order chi connectivity index (χ1) is 11.6. The average molecular weight is 337 g/mol. The third-order valence-electron chi connectivity index (χ3n) is 3.93. The van der Waals surface area contributed by atoms with Gasteiger partial charge in [0.1, 0.15) is 0 Å². The smallest absolute Gasteiger partial charge is 0.239 e. The van der Waals surface area contributed by atoms with Gasteiger partial charge in [0.15, 0.2) is 5.17 Å². The fraction of sp³-hybridized carbons (Fsp3) is 0.211. The van der Waals surface area contributed by atoms with E-state index in [9.17, 15) is 4.79 Å². The molecule has 0 radical (unpaired) electrons. The summed E-state index contributed by atoms with van der Waals surface area (Å²) in [7, 11) is 0. The molecular formula is C19H19N3OS. The van der Waals surface area contributed by atoms with Gasteiger partial charge in [-0.2, -0.15) is 5.10 Å². The number of amides is 1. The molecular weight excluding hydrogens is 318 g/mol. The number of nitrogens with zero attached hydrogens (tertiary/aromatic N) is 2. The molecule has 24 heavy (non-hydrogen) atoms. The third-order valence-corrected chi connectivity index (χ3v) is 5.00. The standard InChI is InChI=1S/C19H19N3OS/c1-13-8-6-7-11-16(13)12-17-18(23)20-19(24-17)22-21-14(2)15-9-4-3-5-10-15/h3-11,17H,12H2,1-2H3,(H,20,22,23)/b21-14-/t17-/m0/s1. The quantitative estimate of drug-likeness (QED) is 0.685. The second kappa shape index (κ2) is 7.45. The van der Waals surface area contributed by atoms with Crippen LogP contribution in [0.1, 0.15) is 23.6 Å². The Morgan fingerprint density at radius 2 is 1.83 bits per heavy atom. The molecule has 3 rings (SSSR count). The maximum absolute atomic E-state index is 12.2. The monoisotopic (exact) mass is 337 g/mol. The molecule has 5 heteroatoms. The number of hydrogen-bond acceptors (Lipinski definition) is 4. The molecule has 4 nitrogen and oxygen atoms in total. The van der Waals surface area contributed by atoms with Gasteiger partial charge in [-0.1, -0.05) is 66.4 Å². The highest BCUT2D eigenvalue weighted by atomic mass is 32.2. The van der Waals surface area contributed by atoms with Gasteiger partial charge in [-0.3, -0.25) is 4.79 Å². The Morgan fingerprint density at radius 1 is 1.12 bits per heavy atom. The molecule has 0 aromatic heterocycles. The second-order valence-corrected chi connectivity index (χ2v) is 6.87. The molecule has 2 aromatic rings. The van der Waals surface area contributed by atoms with E-state index >= 15 is 0 Å². The first-order valence-electron chi connectivity index (χ1n) is 7.83. The number of hydrogen-bond donors (Lipinski definition) is 1. The van der Waals surface area contributed by atoms with Crippen LogP contribution in [0.25, 0.3) is 0 Å². The minimum Gasteiger partial charge on any atom is -0.303 e. The molecule has 0 spiro atoms. The van der Waals surface area contributed by atoms with Crippen LogP contribution in [0, 0.1) is 6.92 Å². The summed E-state index contributed by atoms with van der Waals surface area (Å²) in [4.78, 5) is 12.2. The molecule has 1 amide bonds. The summed E-state index contributed by atoms with van der Waals surface area (Å²) < 4.78 is 0. The SMILES string of the molecule is C/C(=N/N=C1/NC(=O)[C@H](Cc2ccccc2C)S1)c1ccccc1. The molecule has 2 aromatic carbocycles. The van der Waals surface area contributed by atoms with E-state index in [1.807, 2.05) is 49.4 Å². The van der Waals surface area contributed by atoms with Crippen molar-refractivity contribution < 1.29 is 4.79 Å². The molecule has 1 fully saturated rings. The Balaban J connectivity index is 1.69. The number of carbonyl (C=O) groups is 1. The van der Waals surface area contributed by atoms with Gasteiger partial charge in [-0.25, -0.2) is 0 Å². The number of rotatable bonds is 4. The minimum atomic E-state index is -0.155. The lowest BCUT2D eigenvalue weighted by Crippen LogP contribution is -2.26. The zero-order valence-corrected chi connectivity index (χ0v) is 14.5. The number of carbonyl (C=O) groups excluding carboxylic acids is 1. The van der Waals surface area contributed by atoms with Gasteiger partial charge >= 0.3 is 0 Å². The van der Waals surface area contributed by atoms with Crippen molar-refractivity contribution in [2.75, 3.05) is 0 Å². The van der Waals surface area contributed by atoms with E-state index in [2.05, 4.69) is 34.6 Å². The molecule has 1 aliphatic heterocycles. The van der Waals surface area contributed by atoms with E-state index in [0.717, 1.165) is 11.3 Å². The third kappa shape index (κ3) is 3.92. The van der Waals surface area contributed by atoms with E-state index < -0.39 is 0 Å². The number of thioether (sulfide) groups is 1. The van der Waals surface area contributed by atoms with Crippen molar-refractivity contribution >= 4 is 28.5 Å². The second-order valence-electron chi connectivity index (χ2n) is 5.68. The van der Waals surface area contributed by atoms with Crippen LogP contribution in [-0.4, -0.2) is 22.0 Å². The lowest BCUT2D eigenvalue weighted by Gasteiger charge is -2.07. The molecule has 0 bridgehead atoms. The molecule has 1 N–H and O–H groups in total. The van der Waals surface area contributed by atoms with Gasteiger partial charge < -0.3 is 5.32 Å². The van der Waals surface area contributed by atoms with Crippen molar-refractivity contribution in [3.8, 4) is 0 Å². The normalized spacial score (nSPS) is 19.6. The van der Waals surface area contributed by atoms with Gasteiger partial charge in [0.25, 0.3) is 0 Å². The van der Waals surface area contributed by atoms with Crippen LogP contribution in [0.4, 0.5) is 0 Å². The number of nitrogens with one attached hydrogen (secondary N) is 1. The molecule has 1 aliphatic rings. The minimum absolute atomic E-state index is 0.00503. The predicted molar refractivity (Wildman–Crippen MR) is 100 cm³/mol. The number of aryl methyl sites for hydroxylation is 1. The van der Waals surface area contributed by atoms with Crippen LogP contribution in [0.15, 0.2) is 64.8 Å². The predicted octanol–water partition coefficient (Wildman–Crippen LogP) is 3.55. The molecule has 1 saturated heterocycles. The largest absolute Gasteiger partial charge is 0.303 e. The fourth-order valence-corrected chi connectivity index (χ4v) is 3.43. The van der Waals surface area contributed by atoms with Crippen molar-refractivity contribution in [1.82, 2.24) is 5.32 Å². The lowest BCUT2D eigenvalue weighted by molar-refractivity contribution is -0.118. The molecule has 0 unspecified atom stereocenters. The summed E-state index contributed by atoms with van der Waals surface area (Å²) in [5.41, 5.74) is 4.23. The Labute approximate surface area is 146 Å². The maximum atomic E-state index is 12.2. The summed E-state index contributed by atoms with van der Waals surface area (Å²) in [5.74, 6) is -0.00503. The Morgan fingerprint density at radius 3 is 2.58 bits per heavy atom. The Kier molecular flexibility index (Phi) is 5.11. The van der Waals surface area contributed by atoms with E-state index in [1.165, 1.54) is 22.9 Å². The highest BCUT2D eigenvalue weighted by molar-refractivity contribution is 8.15. The zero-order chi connectivity index (χ0) is 16.9. The number of benzene rings is 2. The molecule has 1 atom stereocenters. The summed E-state index contributed by atoms with van der Waals surface area (Å²) in [6, 6.07) is 18.0. The Hall–Kier alpha value is -2.40. The Bertz CT molecular complexity index is 799. The van der Waals surface area contributed by atoms with E-state index in [1.54, 1.807) is 0 Å². The zero-order valence-electron chi connectivity index (χ0n) is 13.7. The highest BCUT2D eigenvalue weighted by Crippen LogP contribution is 2.24. The van der Waals surface area contributed by atoms with Gasteiger partial charge in [-0.05, 0) is 37.0 Å². The lowest BCUT2D eigenvalue weighted by atomic mass is 10.0. The summed E-state index contributed by atoms with van der Waals surface area (Å²) in [6.45, 7) is 3.97. The van der Waals surface area contributed by atoms with E-state index in [-0.39, 0.29) is 11.2 Å². The van der Waals surface area contributed by atoms with Crippen molar-refractivity contribution in [2.24, 2.45) is 10.2 Å². The number of amidine groups is 1. The summed E-state index contributed by atoms with van der Waals surface area (Å²) in [5, 5.41) is 11.7. The summed E-state index contributed by atoms with van der Waals surface area (Å²) in [6.07, 6.45) is 0.698. The van der Waals surface area contributed by atoms with E-state index in [4.69, 9.17) is 0 Å². The van der Waals surface area contributed by atoms with Crippen LogP contribution in [0.5, 0.6) is 0 Å². The topological polar surface area (TPSA) is 53.8 Å². The van der Waals surface area contributed by atoms with E-state index in [0.29, 0.717) is 11.6 Å². The highest BCUT2D eigenvalue weighted by Gasteiger charge is 2.30. The van der Waals surface area contributed by atoms with Crippen molar-refractivity contribution in [3.05, 3.63) is 71.3 Å². The van der Waals surface area contributed by atoms with Crippen molar-refractivity contribution in [3.63, 3.8) is 0 Å². The van der Waals surface area contributed by atoms with Crippen LogP contribution in [0.3, 0.4) is 0 Å². The first kappa shape index (κ1) is 16.5. The molecule has 0 aliphatic carbocycles. The molecule has 122 valence electrons. The van der Waals surface area contributed by atoms with Crippen LogP contribution >= 0.6 is 11.8 Å².